The van der Waals surface area contributed by atoms with Crippen molar-refractivity contribution >= 4 is 34.4 Å². The van der Waals surface area contributed by atoms with Gasteiger partial charge in [0, 0.05) is 30.8 Å². The Bertz CT molecular complexity index is 1420. The summed E-state index contributed by atoms with van der Waals surface area (Å²) in [4.78, 5) is 33.2. The molecule has 0 bridgehead atoms. The van der Waals surface area contributed by atoms with Gasteiger partial charge in [0.05, 0.1) is 6.54 Å². The second-order valence-corrected chi connectivity index (χ2v) is 8.14. The number of rotatable bonds is 4. The molecule has 0 unspecified atom stereocenters. The first kappa shape index (κ1) is 19.6. The van der Waals surface area contributed by atoms with Crippen molar-refractivity contribution in [2.24, 2.45) is 7.05 Å². The Hall–Kier alpha value is -3.32. The van der Waals surface area contributed by atoms with E-state index in [4.69, 9.17) is 16.6 Å². The third kappa shape index (κ3) is 3.08. The van der Waals surface area contributed by atoms with Gasteiger partial charge >= 0.3 is 5.69 Å². The lowest BCUT2D eigenvalue weighted by atomic mass is 10.1. The summed E-state index contributed by atoms with van der Waals surface area (Å²) in [6.07, 6.45) is 0.978. The molecule has 1 aliphatic heterocycles. The summed E-state index contributed by atoms with van der Waals surface area (Å²) < 4.78 is 4.59. The van der Waals surface area contributed by atoms with Crippen LogP contribution in [0.15, 0.2) is 58.1 Å². The number of aromatic nitrogens is 4. The van der Waals surface area contributed by atoms with E-state index in [1.165, 1.54) is 14.7 Å². The van der Waals surface area contributed by atoms with Crippen LogP contribution < -0.4 is 16.1 Å². The molecule has 31 heavy (non-hydrogen) atoms. The van der Waals surface area contributed by atoms with E-state index in [0.717, 1.165) is 24.2 Å². The Labute approximate surface area is 183 Å². The molecule has 1 aliphatic rings. The number of anilines is 2. The predicted molar refractivity (Wildman–Crippen MR) is 123 cm³/mol. The predicted octanol–water partition coefficient (Wildman–Crippen LogP) is 3.31. The summed E-state index contributed by atoms with van der Waals surface area (Å²) >= 11 is 6.27. The highest BCUT2D eigenvalue weighted by Crippen LogP contribution is 2.31. The van der Waals surface area contributed by atoms with Gasteiger partial charge in [-0.05, 0) is 35.7 Å². The van der Waals surface area contributed by atoms with Gasteiger partial charge in [-0.1, -0.05) is 48.9 Å². The van der Waals surface area contributed by atoms with E-state index in [1.54, 1.807) is 13.1 Å². The standard InChI is InChI=1S/C23H22ClN5O2/c1-3-15-8-10-17(11-9-15)27-12-13-28-19-20(25-22(27)28)26(2)23(31)29(21(19)30)14-16-6-4-5-7-18(16)24/h4-11H,3,12-14H2,1-2H3. The lowest BCUT2D eigenvalue weighted by Gasteiger charge is -2.16. The van der Waals surface area contributed by atoms with E-state index in [0.29, 0.717) is 28.7 Å². The monoisotopic (exact) mass is 435 g/mol. The molecule has 2 aromatic carbocycles. The quantitative estimate of drug-likeness (QED) is 0.493. The first-order chi connectivity index (χ1) is 15.0. The smallest absolute Gasteiger partial charge is 0.310 e. The van der Waals surface area contributed by atoms with E-state index in [1.807, 2.05) is 22.8 Å². The summed E-state index contributed by atoms with van der Waals surface area (Å²) in [7, 11) is 1.65. The molecule has 0 aliphatic carbocycles. The van der Waals surface area contributed by atoms with E-state index < -0.39 is 5.69 Å². The van der Waals surface area contributed by atoms with Crippen LogP contribution in [0.5, 0.6) is 0 Å². The van der Waals surface area contributed by atoms with Crippen molar-refractivity contribution < 1.29 is 0 Å². The van der Waals surface area contributed by atoms with Crippen LogP contribution in [0.25, 0.3) is 11.2 Å². The number of fused-ring (bicyclic) bond motifs is 3. The van der Waals surface area contributed by atoms with Crippen LogP contribution in [0.4, 0.5) is 11.6 Å². The molecule has 0 saturated carbocycles. The van der Waals surface area contributed by atoms with Crippen molar-refractivity contribution in [1.82, 2.24) is 18.7 Å². The third-order valence-electron chi connectivity index (χ3n) is 5.94. The molecule has 8 heteroatoms. The van der Waals surface area contributed by atoms with Crippen molar-refractivity contribution in [2.75, 3.05) is 11.4 Å². The van der Waals surface area contributed by atoms with Crippen molar-refractivity contribution in [1.29, 1.82) is 0 Å². The summed E-state index contributed by atoms with van der Waals surface area (Å²) in [6, 6.07) is 15.6. The Morgan fingerprint density at radius 2 is 1.77 bits per heavy atom. The molecule has 0 radical (unpaired) electrons. The fourth-order valence-corrected chi connectivity index (χ4v) is 4.37. The highest BCUT2D eigenvalue weighted by molar-refractivity contribution is 6.31. The number of imidazole rings is 1. The number of aryl methyl sites for hydroxylation is 2. The average Bonchev–Trinajstić information content (AvgIpc) is 3.36. The van der Waals surface area contributed by atoms with Crippen LogP contribution in [0.3, 0.4) is 0 Å². The van der Waals surface area contributed by atoms with Gasteiger partial charge in [0.15, 0.2) is 11.2 Å². The Kier molecular flexibility index (Phi) is 4.70. The number of hydrogen-bond donors (Lipinski definition) is 0. The molecular formula is C23H22ClN5O2. The zero-order valence-corrected chi connectivity index (χ0v) is 18.1. The van der Waals surface area contributed by atoms with Gasteiger partial charge in [0.1, 0.15) is 0 Å². The van der Waals surface area contributed by atoms with E-state index in [9.17, 15) is 9.59 Å². The van der Waals surface area contributed by atoms with Gasteiger partial charge < -0.3 is 9.47 Å². The molecule has 0 amide bonds. The fraction of sp³-hybridized carbons (Fsp3) is 0.261. The SMILES string of the molecule is CCc1ccc(N2CCn3c2nc2c3c(=O)n(Cc3ccccc3Cl)c(=O)n2C)cc1. The normalized spacial score (nSPS) is 13.2. The molecule has 3 heterocycles. The molecule has 2 aromatic heterocycles. The van der Waals surface area contributed by atoms with E-state index >= 15 is 0 Å². The highest BCUT2D eigenvalue weighted by atomic mass is 35.5. The zero-order valence-electron chi connectivity index (χ0n) is 17.4. The number of benzene rings is 2. The number of halogens is 1. The van der Waals surface area contributed by atoms with E-state index in [2.05, 4.69) is 36.1 Å². The number of nitrogens with zero attached hydrogens (tertiary/aromatic N) is 5. The summed E-state index contributed by atoms with van der Waals surface area (Å²) in [5, 5.41) is 0.525. The van der Waals surface area contributed by atoms with Crippen molar-refractivity contribution in [3.05, 3.63) is 85.5 Å². The van der Waals surface area contributed by atoms with Gasteiger partial charge in [-0.15, -0.1) is 0 Å². The van der Waals surface area contributed by atoms with Crippen LogP contribution in [0, 0.1) is 0 Å². The molecule has 0 atom stereocenters. The van der Waals surface area contributed by atoms with Crippen LogP contribution >= 0.6 is 11.6 Å². The van der Waals surface area contributed by atoms with Crippen molar-refractivity contribution in [3.63, 3.8) is 0 Å². The van der Waals surface area contributed by atoms with Crippen LogP contribution in [-0.4, -0.2) is 25.2 Å². The largest absolute Gasteiger partial charge is 0.332 e. The van der Waals surface area contributed by atoms with Crippen LogP contribution in [0.1, 0.15) is 18.1 Å². The molecule has 4 aromatic rings. The molecule has 158 valence electrons. The summed E-state index contributed by atoms with van der Waals surface area (Å²) in [5.41, 5.74) is 3.09. The minimum atomic E-state index is -0.409. The molecule has 0 spiro atoms. The second-order valence-electron chi connectivity index (χ2n) is 7.73. The molecular weight excluding hydrogens is 414 g/mol. The average molecular weight is 436 g/mol. The van der Waals surface area contributed by atoms with Gasteiger partial charge in [-0.2, -0.15) is 4.98 Å². The molecule has 0 saturated heterocycles. The van der Waals surface area contributed by atoms with Gasteiger partial charge in [-0.25, -0.2) is 4.79 Å². The van der Waals surface area contributed by atoms with Gasteiger partial charge in [0.2, 0.25) is 5.95 Å². The lowest BCUT2D eigenvalue weighted by molar-refractivity contribution is 0.652. The first-order valence-electron chi connectivity index (χ1n) is 10.3. The highest BCUT2D eigenvalue weighted by Gasteiger charge is 2.28. The second kappa shape index (κ2) is 7.42. The Balaban J connectivity index is 1.65. The number of hydrogen-bond acceptors (Lipinski definition) is 4. The molecule has 0 fully saturated rings. The van der Waals surface area contributed by atoms with Crippen molar-refractivity contribution in [2.45, 2.75) is 26.4 Å². The Morgan fingerprint density at radius 3 is 2.48 bits per heavy atom. The van der Waals surface area contributed by atoms with Gasteiger partial charge in [-0.3, -0.25) is 13.9 Å². The maximum absolute atomic E-state index is 13.4. The van der Waals surface area contributed by atoms with Crippen molar-refractivity contribution in [3.8, 4) is 0 Å². The van der Waals surface area contributed by atoms with E-state index in [-0.39, 0.29) is 12.1 Å². The Morgan fingerprint density at radius 1 is 1.03 bits per heavy atom. The maximum atomic E-state index is 13.4. The molecule has 7 nitrogen and oxygen atoms in total. The minimum Gasteiger partial charge on any atom is -0.310 e. The zero-order chi connectivity index (χ0) is 21.7. The van der Waals surface area contributed by atoms with Crippen LogP contribution in [-0.2, 0) is 26.6 Å². The summed E-state index contributed by atoms with van der Waals surface area (Å²) in [6.45, 7) is 3.58. The molecule has 5 rings (SSSR count). The third-order valence-corrected chi connectivity index (χ3v) is 6.31. The maximum Gasteiger partial charge on any atom is 0.332 e. The topological polar surface area (TPSA) is 65.1 Å². The molecule has 0 N–H and O–H groups in total. The minimum absolute atomic E-state index is 0.115. The van der Waals surface area contributed by atoms with Crippen LogP contribution in [0.2, 0.25) is 5.02 Å². The lowest BCUT2D eigenvalue weighted by Crippen LogP contribution is -2.40. The first-order valence-corrected chi connectivity index (χ1v) is 10.7. The summed E-state index contributed by atoms with van der Waals surface area (Å²) in [5.74, 6) is 0.682. The van der Waals surface area contributed by atoms with Gasteiger partial charge in [0.25, 0.3) is 5.56 Å². The fourth-order valence-electron chi connectivity index (χ4n) is 4.17.